The smallest absolute Gasteiger partial charge is 0.169 e. The zero-order chi connectivity index (χ0) is 13.0. The fraction of sp³-hybridized carbons (Fsp3) is 0.231. The van der Waals surface area contributed by atoms with Crippen LogP contribution in [0, 0.1) is 5.82 Å². The largest absolute Gasteiger partial charge is 0.494 e. The Kier molecular flexibility index (Phi) is 4.30. The van der Waals surface area contributed by atoms with E-state index in [9.17, 15) is 4.39 Å². The van der Waals surface area contributed by atoms with E-state index in [1.54, 1.807) is 29.5 Å². The summed E-state index contributed by atoms with van der Waals surface area (Å²) in [4.78, 5) is 1.15. The molecule has 0 spiro atoms. The number of thiophene rings is 1. The summed E-state index contributed by atoms with van der Waals surface area (Å²) in [5.41, 5.74) is 3.18. The highest BCUT2D eigenvalue weighted by atomic mass is 32.1. The monoisotopic (exact) mass is 266 g/mol. The zero-order valence-corrected chi connectivity index (χ0v) is 10.8. The maximum atomic E-state index is 14.1. The summed E-state index contributed by atoms with van der Waals surface area (Å²) < 4.78 is 19.1. The second kappa shape index (κ2) is 5.95. The summed E-state index contributed by atoms with van der Waals surface area (Å²) in [5, 5.41) is 1.99. The molecule has 5 heteroatoms. The lowest BCUT2D eigenvalue weighted by molar-refractivity contribution is 0.379. The van der Waals surface area contributed by atoms with Crippen LogP contribution >= 0.6 is 11.3 Å². The molecule has 1 aromatic heterocycles. The van der Waals surface area contributed by atoms with Crippen LogP contribution in [0.4, 0.5) is 4.39 Å². The molecule has 2 aromatic rings. The van der Waals surface area contributed by atoms with Crippen molar-refractivity contribution < 1.29 is 9.13 Å². The minimum absolute atomic E-state index is 0.235. The molecule has 96 valence electrons. The van der Waals surface area contributed by atoms with Crippen LogP contribution in [-0.2, 0) is 6.42 Å². The van der Waals surface area contributed by atoms with Crippen molar-refractivity contribution in [2.24, 2.45) is 5.84 Å². The van der Waals surface area contributed by atoms with E-state index in [2.05, 4.69) is 5.43 Å². The average molecular weight is 266 g/mol. The topological polar surface area (TPSA) is 47.3 Å². The normalized spacial score (nSPS) is 12.4. The van der Waals surface area contributed by atoms with E-state index in [0.717, 1.165) is 4.88 Å². The number of hydrogen-bond acceptors (Lipinski definition) is 4. The molecule has 1 aromatic carbocycles. The third kappa shape index (κ3) is 2.69. The second-order valence-corrected chi connectivity index (χ2v) is 4.90. The molecular formula is C13H15FN2OS. The highest BCUT2D eigenvalue weighted by Gasteiger charge is 2.18. The van der Waals surface area contributed by atoms with E-state index in [1.165, 1.54) is 7.11 Å². The molecule has 0 aliphatic carbocycles. The lowest BCUT2D eigenvalue weighted by Gasteiger charge is -2.17. The Morgan fingerprint density at radius 1 is 1.39 bits per heavy atom. The van der Waals surface area contributed by atoms with Crippen LogP contribution in [-0.4, -0.2) is 7.11 Å². The van der Waals surface area contributed by atoms with Crippen molar-refractivity contribution >= 4 is 11.3 Å². The first-order valence-corrected chi connectivity index (χ1v) is 6.45. The van der Waals surface area contributed by atoms with Crippen LogP contribution < -0.4 is 16.0 Å². The Balaban J connectivity index is 2.27. The number of nitrogens with two attached hydrogens (primary N) is 1. The molecule has 0 aliphatic heterocycles. The number of halogens is 1. The van der Waals surface area contributed by atoms with E-state index in [4.69, 9.17) is 10.6 Å². The molecule has 0 amide bonds. The predicted molar refractivity (Wildman–Crippen MR) is 71.0 cm³/mol. The van der Waals surface area contributed by atoms with Crippen molar-refractivity contribution in [2.75, 3.05) is 7.11 Å². The van der Waals surface area contributed by atoms with Crippen molar-refractivity contribution in [3.8, 4) is 5.75 Å². The number of hydrogen-bond donors (Lipinski definition) is 2. The molecule has 18 heavy (non-hydrogen) atoms. The summed E-state index contributed by atoms with van der Waals surface area (Å²) in [7, 11) is 1.45. The molecule has 3 N–H and O–H groups in total. The summed E-state index contributed by atoms with van der Waals surface area (Å²) in [6, 6.07) is 8.78. The first-order valence-electron chi connectivity index (χ1n) is 5.57. The molecule has 1 heterocycles. The third-order valence-electron chi connectivity index (χ3n) is 2.78. The predicted octanol–water partition coefficient (Wildman–Crippen LogP) is 2.64. The molecule has 0 aliphatic rings. The quantitative estimate of drug-likeness (QED) is 0.646. The van der Waals surface area contributed by atoms with Gasteiger partial charge in [0.05, 0.1) is 13.2 Å². The lowest BCUT2D eigenvalue weighted by atomic mass is 10.0. The molecule has 0 fully saturated rings. The maximum Gasteiger partial charge on any atom is 0.169 e. The molecule has 0 radical (unpaired) electrons. The van der Waals surface area contributed by atoms with Crippen LogP contribution in [0.2, 0.25) is 0 Å². The fourth-order valence-electron chi connectivity index (χ4n) is 1.84. The second-order valence-electron chi connectivity index (χ2n) is 3.87. The number of ether oxygens (including phenoxy) is 1. The van der Waals surface area contributed by atoms with Gasteiger partial charge in [0.2, 0.25) is 0 Å². The fourth-order valence-corrected chi connectivity index (χ4v) is 2.60. The molecule has 3 nitrogen and oxygen atoms in total. The molecule has 1 unspecified atom stereocenters. The molecular weight excluding hydrogens is 251 g/mol. The van der Waals surface area contributed by atoms with E-state index >= 15 is 0 Å². The van der Waals surface area contributed by atoms with E-state index in [0.29, 0.717) is 12.0 Å². The SMILES string of the molecule is COc1cccc(C(Cc2cccs2)NN)c1F. The van der Waals surface area contributed by atoms with Gasteiger partial charge in [-0.1, -0.05) is 18.2 Å². The summed E-state index contributed by atoms with van der Waals surface area (Å²) in [6.45, 7) is 0. The molecule has 0 saturated heterocycles. The summed E-state index contributed by atoms with van der Waals surface area (Å²) >= 11 is 1.63. The van der Waals surface area contributed by atoms with Gasteiger partial charge < -0.3 is 4.74 Å². The van der Waals surface area contributed by atoms with Gasteiger partial charge in [0.15, 0.2) is 11.6 Å². The first kappa shape index (κ1) is 13.0. The highest BCUT2D eigenvalue weighted by molar-refractivity contribution is 7.09. The van der Waals surface area contributed by atoms with Crippen molar-refractivity contribution in [2.45, 2.75) is 12.5 Å². The molecule has 0 saturated carbocycles. The van der Waals surface area contributed by atoms with Crippen LogP contribution in [0.1, 0.15) is 16.5 Å². The number of nitrogens with one attached hydrogen (secondary N) is 1. The van der Waals surface area contributed by atoms with Gasteiger partial charge in [-0.15, -0.1) is 11.3 Å². The van der Waals surface area contributed by atoms with Gasteiger partial charge in [0.1, 0.15) is 0 Å². The van der Waals surface area contributed by atoms with Gasteiger partial charge in [-0.3, -0.25) is 11.3 Å². The molecule has 1 atom stereocenters. The van der Waals surface area contributed by atoms with Crippen LogP contribution in [0.25, 0.3) is 0 Å². The van der Waals surface area contributed by atoms with Crippen molar-refractivity contribution in [1.82, 2.24) is 5.43 Å². The Bertz CT molecular complexity index is 502. The van der Waals surface area contributed by atoms with E-state index in [-0.39, 0.29) is 17.6 Å². The molecule has 0 bridgehead atoms. The number of methoxy groups -OCH3 is 1. The zero-order valence-electron chi connectivity index (χ0n) is 10.0. The number of rotatable bonds is 5. The van der Waals surface area contributed by atoms with Gasteiger partial charge in [-0.25, -0.2) is 4.39 Å². The van der Waals surface area contributed by atoms with Gasteiger partial charge in [0.25, 0.3) is 0 Å². The Morgan fingerprint density at radius 3 is 2.83 bits per heavy atom. The van der Waals surface area contributed by atoms with Gasteiger partial charge in [-0.2, -0.15) is 0 Å². The average Bonchev–Trinajstić information content (AvgIpc) is 2.89. The van der Waals surface area contributed by atoms with Gasteiger partial charge >= 0.3 is 0 Å². The lowest BCUT2D eigenvalue weighted by Crippen LogP contribution is -2.30. The standard InChI is InChI=1S/C13H15FN2OS/c1-17-12-6-2-5-10(13(12)14)11(16-15)8-9-4-3-7-18-9/h2-7,11,16H,8,15H2,1H3. The summed E-state index contributed by atoms with van der Waals surface area (Å²) in [6.07, 6.45) is 0.651. The minimum Gasteiger partial charge on any atom is -0.494 e. The van der Waals surface area contributed by atoms with Crippen molar-refractivity contribution in [1.29, 1.82) is 0 Å². The Labute approximate surface area is 109 Å². The van der Waals surface area contributed by atoms with Crippen LogP contribution in [0.15, 0.2) is 35.7 Å². The summed E-state index contributed by atoms with van der Waals surface area (Å²) in [5.74, 6) is 5.40. The minimum atomic E-state index is -0.362. The number of benzene rings is 1. The van der Waals surface area contributed by atoms with Crippen LogP contribution in [0.3, 0.4) is 0 Å². The maximum absolute atomic E-state index is 14.1. The first-order chi connectivity index (χ1) is 8.76. The third-order valence-corrected chi connectivity index (χ3v) is 3.67. The van der Waals surface area contributed by atoms with Crippen molar-refractivity contribution in [3.05, 3.63) is 52.0 Å². The number of hydrazine groups is 1. The Morgan fingerprint density at radius 2 is 2.22 bits per heavy atom. The van der Waals surface area contributed by atoms with Gasteiger partial charge in [-0.05, 0) is 17.5 Å². The Hall–Kier alpha value is -1.43. The van der Waals surface area contributed by atoms with Crippen LogP contribution in [0.5, 0.6) is 5.75 Å². The van der Waals surface area contributed by atoms with E-state index in [1.807, 2.05) is 17.5 Å². The molecule has 2 rings (SSSR count). The highest BCUT2D eigenvalue weighted by Crippen LogP contribution is 2.27. The van der Waals surface area contributed by atoms with E-state index < -0.39 is 0 Å². The van der Waals surface area contributed by atoms with Gasteiger partial charge in [0, 0.05) is 16.9 Å². The van der Waals surface area contributed by atoms with Crippen molar-refractivity contribution in [3.63, 3.8) is 0 Å².